The molecule has 0 aromatic carbocycles. The lowest BCUT2D eigenvalue weighted by Gasteiger charge is -2.06. The van der Waals surface area contributed by atoms with Gasteiger partial charge in [-0.2, -0.15) is 0 Å². The first kappa shape index (κ1) is 11.8. The summed E-state index contributed by atoms with van der Waals surface area (Å²) in [6.45, 7) is 0.213. The van der Waals surface area contributed by atoms with E-state index >= 15 is 0 Å². The molecule has 1 aromatic heterocycles. The number of hydrogen-bond donors (Lipinski definition) is 1. The van der Waals surface area contributed by atoms with Crippen LogP contribution >= 0.6 is 31.9 Å². The zero-order valence-electron chi connectivity index (χ0n) is 7.11. The first-order chi connectivity index (χ1) is 6.59. The van der Waals surface area contributed by atoms with E-state index in [1.165, 1.54) is 0 Å². The van der Waals surface area contributed by atoms with Crippen molar-refractivity contribution in [2.45, 2.75) is 12.8 Å². The Morgan fingerprint density at radius 2 is 2.14 bits per heavy atom. The van der Waals surface area contributed by atoms with Gasteiger partial charge in [-0.15, -0.1) is 0 Å². The maximum absolute atomic E-state index is 11.8. The Morgan fingerprint density at radius 1 is 1.43 bits per heavy atom. The van der Waals surface area contributed by atoms with Crippen molar-refractivity contribution < 1.29 is 8.78 Å². The van der Waals surface area contributed by atoms with Crippen molar-refractivity contribution in [3.05, 3.63) is 21.2 Å². The van der Waals surface area contributed by atoms with Gasteiger partial charge in [0.05, 0.1) is 4.47 Å². The average molecular weight is 330 g/mol. The molecule has 1 heterocycles. The normalized spacial score (nSPS) is 10.6. The summed E-state index contributed by atoms with van der Waals surface area (Å²) in [5, 5.41) is 2.81. The fourth-order valence-electron chi connectivity index (χ4n) is 0.844. The first-order valence-corrected chi connectivity index (χ1v) is 5.51. The maximum Gasteiger partial charge on any atom is 0.240 e. The molecule has 0 fully saturated rings. The Morgan fingerprint density at radius 3 is 2.71 bits per heavy atom. The molecule has 78 valence electrons. The summed E-state index contributed by atoms with van der Waals surface area (Å²) < 4.78 is 25.2. The highest BCUT2D eigenvalue weighted by molar-refractivity contribution is 9.11. The minimum Gasteiger partial charge on any atom is -0.369 e. The van der Waals surface area contributed by atoms with Gasteiger partial charge in [0.2, 0.25) is 6.43 Å². The van der Waals surface area contributed by atoms with Crippen LogP contribution in [0.3, 0.4) is 0 Å². The minimum atomic E-state index is -2.28. The van der Waals surface area contributed by atoms with Crippen LogP contribution < -0.4 is 5.32 Å². The number of nitrogens with zero attached hydrogens (tertiary/aromatic N) is 1. The molecule has 0 atom stereocenters. The second kappa shape index (κ2) is 5.60. The molecule has 0 amide bonds. The van der Waals surface area contributed by atoms with Crippen LogP contribution in [-0.2, 0) is 0 Å². The molecule has 0 saturated heterocycles. The van der Waals surface area contributed by atoms with Crippen LogP contribution in [-0.4, -0.2) is 18.0 Å². The largest absolute Gasteiger partial charge is 0.369 e. The molecule has 0 unspecified atom stereocenters. The molecule has 14 heavy (non-hydrogen) atoms. The number of anilines is 1. The van der Waals surface area contributed by atoms with Gasteiger partial charge < -0.3 is 5.32 Å². The number of halogens is 4. The summed E-state index contributed by atoms with van der Waals surface area (Å²) >= 11 is 6.52. The maximum atomic E-state index is 11.8. The van der Waals surface area contributed by atoms with Gasteiger partial charge >= 0.3 is 0 Å². The molecule has 6 heteroatoms. The molecular formula is C8H8Br2F2N2. The topological polar surface area (TPSA) is 24.9 Å². The highest BCUT2D eigenvalue weighted by atomic mass is 79.9. The SMILES string of the molecule is FC(F)CCNc1ncc(Br)cc1Br. The highest BCUT2D eigenvalue weighted by Crippen LogP contribution is 2.23. The Bertz CT molecular complexity index is 307. The lowest BCUT2D eigenvalue weighted by molar-refractivity contribution is 0.142. The molecule has 1 aromatic rings. The van der Waals surface area contributed by atoms with E-state index in [2.05, 4.69) is 42.2 Å². The number of hydrogen-bond acceptors (Lipinski definition) is 2. The lowest BCUT2D eigenvalue weighted by atomic mass is 10.4. The fourth-order valence-corrected chi connectivity index (χ4v) is 1.97. The van der Waals surface area contributed by atoms with Gasteiger partial charge in [0.1, 0.15) is 5.82 Å². The van der Waals surface area contributed by atoms with Crippen molar-refractivity contribution in [1.29, 1.82) is 0 Å². The molecule has 0 bridgehead atoms. The third-order valence-electron chi connectivity index (χ3n) is 1.46. The Balaban J connectivity index is 2.51. The standard InChI is InChI=1S/C8H8Br2F2N2/c9-5-3-6(10)8(14-4-5)13-2-1-7(11)12/h3-4,7H,1-2H2,(H,13,14). The monoisotopic (exact) mass is 328 g/mol. The molecular weight excluding hydrogens is 322 g/mol. The molecule has 0 aliphatic carbocycles. The molecule has 0 aliphatic rings. The number of alkyl halides is 2. The summed E-state index contributed by atoms with van der Waals surface area (Å²) in [6, 6.07) is 1.80. The van der Waals surface area contributed by atoms with Crippen LogP contribution in [0, 0.1) is 0 Å². The quantitative estimate of drug-likeness (QED) is 0.911. The van der Waals surface area contributed by atoms with E-state index in [9.17, 15) is 8.78 Å². The molecule has 0 aliphatic heterocycles. The summed E-state index contributed by atoms with van der Waals surface area (Å²) in [5.74, 6) is 0.578. The van der Waals surface area contributed by atoms with Gasteiger partial charge in [-0.1, -0.05) is 0 Å². The van der Waals surface area contributed by atoms with Crippen molar-refractivity contribution in [3.63, 3.8) is 0 Å². The second-order valence-electron chi connectivity index (χ2n) is 2.59. The highest BCUT2D eigenvalue weighted by Gasteiger charge is 2.04. The van der Waals surface area contributed by atoms with Crippen molar-refractivity contribution in [3.8, 4) is 0 Å². The van der Waals surface area contributed by atoms with Crippen LogP contribution in [0.25, 0.3) is 0 Å². The van der Waals surface area contributed by atoms with E-state index in [1.807, 2.05) is 0 Å². The molecule has 2 nitrogen and oxygen atoms in total. The van der Waals surface area contributed by atoms with Gasteiger partial charge in [-0.05, 0) is 37.9 Å². The van der Waals surface area contributed by atoms with Gasteiger partial charge in [-0.3, -0.25) is 0 Å². The van der Waals surface area contributed by atoms with Crippen molar-refractivity contribution >= 4 is 37.7 Å². The summed E-state index contributed by atoms with van der Waals surface area (Å²) in [5.41, 5.74) is 0. The van der Waals surface area contributed by atoms with Crippen LogP contribution in [0.15, 0.2) is 21.2 Å². The minimum absolute atomic E-state index is 0.176. The Kier molecular flexibility index (Phi) is 4.74. The third-order valence-corrected chi connectivity index (χ3v) is 2.50. The average Bonchev–Trinajstić information content (AvgIpc) is 2.08. The fraction of sp³-hybridized carbons (Fsp3) is 0.375. The van der Waals surface area contributed by atoms with E-state index in [4.69, 9.17) is 0 Å². The molecule has 1 rings (SSSR count). The molecule has 0 spiro atoms. The smallest absolute Gasteiger partial charge is 0.240 e. The van der Waals surface area contributed by atoms with Gasteiger partial charge in [0.25, 0.3) is 0 Å². The second-order valence-corrected chi connectivity index (χ2v) is 4.36. The van der Waals surface area contributed by atoms with Crippen molar-refractivity contribution in [2.75, 3.05) is 11.9 Å². The molecule has 1 N–H and O–H groups in total. The van der Waals surface area contributed by atoms with Gasteiger partial charge in [0.15, 0.2) is 0 Å². The third kappa shape index (κ3) is 3.88. The van der Waals surface area contributed by atoms with Crippen LogP contribution in [0.5, 0.6) is 0 Å². The lowest BCUT2D eigenvalue weighted by Crippen LogP contribution is -2.07. The van der Waals surface area contributed by atoms with Crippen LogP contribution in [0.4, 0.5) is 14.6 Å². The van der Waals surface area contributed by atoms with Crippen LogP contribution in [0.2, 0.25) is 0 Å². The predicted molar refractivity (Wildman–Crippen MR) is 58.7 cm³/mol. The first-order valence-electron chi connectivity index (χ1n) is 3.92. The van der Waals surface area contributed by atoms with Crippen LogP contribution in [0.1, 0.15) is 6.42 Å². The Labute approximate surface area is 97.4 Å². The number of aromatic nitrogens is 1. The Hall–Kier alpha value is -0.230. The number of rotatable bonds is 4. The summed E-state index contributed by atoms with van der Waals surface area (Å²) in [7, 11) is 0. The zero-order valence-corrected chi connectivity index (χ0v) is 10.3. The van der Waals surface area contributed by atoms with E-state index in [0.717, 1.165) is 8.95 Å². The van der Waals surface area contributed by atoms with E-state index in [0.29, 0.717) is 5.82 Å². The van der Waals surface area contributed by atoms with E-state index in [-0.39, 0.29) is 13.0 Å². The van der Waals surface area contributed by atoms with E-state index in [1.54, 1.807) is 12.3 Å². The van der Waals surface area contributed by atoms with Gasteiger partial charge in [-0.25, -0.2) is 13.8 Å². The number of pyridine rings is 1. The van der Waals surface area contributed by atoms with Crippen molar-refractivity contribution in [2.24, 2.45) is 0 Å². The van der Waals surface area contributed by atoms with Gasteiger partial charge in [0, 0.05) is 23.6 Å². The molecule has 0 radical (unpaired) electrons. The summed E-state index contributed by atoms with van der Waals surface area (Å²) in [4.78, 5) is 4.02. The number of nitrogens with one attached hydrogen (secondary N) is 1. The predicted octanol–water partition coefficient (Wildman–Crippen LogP) is 3.67. The molecule has 0 saturated carbocycles. The zero-order chi connectivity index (χ0) is 10.6. The summed E-state index contributed by atoms with van der Waals surface area (Å²) in [6.07, 6.45) is -0.851. The van der Waals surface area contributed by atoms with E-state index < -0.39 is 6.43 Å². The van der Waals surface area contributed by atoms with Crippen molar-refractivity contribution in [1.82, 2.24) is 4.98 Å².